The number of allylic oxidation sites excluding steroid dienone is 2. The zero-order valence-corrected chi connectivity index (χ0v) is 12.1. The molecule has 1 heterocycles. The first-order valence-corrected chi connectivity index (χ1v) is 7.53. The van der Waals surface area contributed by atoms with Crippen molar-refractivity contribution in [3.63, 3.8) is 0 Å². The number of phenolic OH excluding ortho intramolecular Hbond substituents is 1. The highest BCUT2D eigenvalue weighted by Crippen LogP contribution is 2.57. The molecule has 1 aromatic rings. The summed E-state index contributed by atoms with van der Waals surface area (Å²) < 4.78 is 5.37. The van der Waals surface area contributed by atoms with Gasteiger partial charge >= 0.3 is 0 Å². The number of ketones is 1. The monoisotopic (exact) mass is 285 g/mol. The van der Waals surface area contributed by atoms with Gasteiger partial charge in [0.15, 0.2) is 17.3 Å². The summed E-state index contributed by atoms with van der Waals surface area (Å²) in [6.07, 6.45) is 6.89. The van der Waals surface area contributed by atoms with Crippen LogP contribution in [0.4, 0.5) is 0 Å². The molecule has 0 unspecified atom stereocenters. The smallest absolute Gasteiger partial charge is 0.162 e. The van der Waals surface area contributed by atoms with Crippen LogP contribution in [0.25, 0.3) is 0 Å². The molecule has 0 amide bonds. The third kappa shape index (κ3) is 1.69. The van der Waals surface area contributed by atoms with Crippen molar-refractivity contribution >= 4 is 5.78 Å². The second-order valence-corrected chi connectivity index (χ2v) is 6.29. The fraction of sp³-hybridized carbons (Fsp3) is 0.471. The SMILES string of the molecule is COc1cc2c3c(c1O)[C@@]1(C=CC(=O)CC1)C[C@H]3NCC2. The molecule has 0 saturated heterocycles. The van der Waals surface area contributed by atoms with Crippen LogP contribution in [0.3, 0.4) is 0 Å². The highest BCUT2D eigenvalue weighted by molar-refractivity contribution is 5.91. The first-order valence-electron chi connectivity index (χ1n) is 7.53. The Bertz CT molecular complexity index is 664. The van der Waals surface area contributed by atoms with Crippen LogP contribution in [0, 0.1) is 0 Å². The maximum atomic E-state index is 11.6. The molecule has 0 bridgehead atoms. The molecule has 4 heteroatoms. The largest absolute Gasteiger partial charge is 0.504 e. The van der Waals surface area contributed by atoms with E-state index in [9.17, 15) is 9.90 Å². The molecule has 0 fully saturated rings. The van der Waals surface area contributed by atoms with Gasteiger partial charge in [-0.15, -0.1) is 0 Å². The normalized spacial score (nSPS) is 29.8. The number of carbonyl (C=O) groups is 1. The lowest BCUT2D eigenvalue weighted by Crippen LogP contribution is -2.29. The van der Waals surface area contributed by atoms with E-state index in [-0.39, 0.29) is 23.0 Å². The topological polar surface area (TPSA) is 58.6 Å². The van der Waals surface area contributed by atoms with Gasteiger partial charge in [-0.1, -0.05) is 6.08 Å². The van der Waals surface area contributed by atoms with Gasteiger partial charge in [0.1, 0.15) is 0 Å². The molecule has 2 N–H and O–H groups in total. The molecule has 1 aromatic carbocycles. The Balaban J connectivity index is 1.98. The Hall–Kier alpha value is -1.81. The van der Waals surface area contributed by atoms with E-state index in [0.29, 0.717) is 12.2 Å². The number of fused-ring (bicyclic) bond motifs is 1. The molecule has 0 aromatic heterocycles. The molecular weight excluding hydrogens is 266 g/mol. The Kier molecular flexibility index (Phi) is 2.67. The Morgan fingerprint density at radius 3 is 3.00 bits per heavy atom. The van der Waals surface area contributed by atoms with Crippen LogP contribution < -0.4 is 10.1 Å². The molecule has 3 aliphatic rings. The molecule has 21 heavy (non-hydrogen) atoms. The third-order valence-electron chi connectivity index (χ3n) is 5.22. The summed E-state index contributed by atoms with van der Waals surface area (Å²) in [7, 11) is 1.59. The summed E-state index contributed by atoms with van der Waals surface area (Å²) in [5, 5.41) is 14.2. The average molecular weight is 285 g/mol. The molecular formula is C17H19NO3. The molecule has 4 rings (SSSR count). The number of rotatable bonds is 1. The molecule has 110 valence electrons. The molecule has 1 spiro atoms. The van der Waals surface area contributed by atoms with Crippen LogP contribution in [0.5, 0.6) is 11.5 Å². The summed E-state index contributed by atoms with van der Waals surface area (Å²) >= 11 is 0. The zero-order valence-electron chi connectivity index (χ0n) is 12.1. The van der Waals surface area contributed by atoms with Crippen LogP contribution in [-0.2, 0) is 16.6 Å². The van der Waals surface area contributed by atoms with Crippen LogP contribution >= 0.6 is 0 Å². The van der Waals surface area contributed by atoms with Gasteiger partial charge < -0.3 is 15.2 Å². The van der Waals surface area contributed by atoms with E-state index in [4.69, 9.17) is 4.74 Å². The van der Waals surface area contributed by atoms with Crippen molar-refractivity contribution < 1.29 is 14.6 Å². The maximum absolute atomic E-state index is 11.6. The van der Waals surface area contributed by atoms with Crippen molar-refractivity contribution in [2.24, 2.45) is 0 Å². The van der Waals surface area contributed by atoms with Gasteiger partial charge in [-0.3, -0.25) is 4.79 Å². The van der Waals surface area contributed by atoms with Crippen molar-refractivity contribution in [1.29, 1.82) is 0 Å². The number of carbonyl (C=O) groups excluding carboxylic acids is 1. The summed E-state index contributed by atoms with van der Waals surface area (Å²) in [5.41, 5.74) is 3.26. The number of nitrogens with one attached hydrogen (secondary N) is 1. The van der Waals surface area contributed by atoms with E-state index in [1.54, 1.807) is 13.2 Å². The standard InChI is InChI=1S/C17H19NO3/c1-21-13-8-10-4-7-18-12-9-17(5-2-11(19)3-6-17)15(14(10)12)16(13)20/h2,5,8,12,18,20H,3-4,6-7,9H2,1H3/t12-,17-/m1/s1. The maximum Gasteiger partial charge on any atom is 0.162 e. The number of hydrogen-bond donors (Lipinski definition) is 2. The predicted molar refractivity (Wildman–Crippen MR) is 78.8 cm³/mol. The summed E-state index contributed by atoms with van der Waals surface area (Å²) in [6.45, 7) is 0.948. The van der Waals surface area contributed by atoms with Gasteiger partial charge in [0.25, 0.3) is 0 Å². The summed E-state index contributed by atoms with van der Waals surface area (Å²) in [6, 6.07) is 2.25. The van der Waals surface area contributed by atoms with Crippen LogP contribution in [0.1, 0.15) is 42.0 Å². The van der Waals surface area contributed by atoms with Crippen molar-refractivity contribution in [1.82, 2.24) is 5.32 Å². The molecule has 0 saturated carbocycles. The lowest BCUT2D eigenvalue weighted by Gasteiger charge is -2.30. The molecule has 0 radical (unpaired) electrons. The van der Waals surface area contributed by atoms with E-state index in [0.717, 1.165) is 31.4 Å². The Labute approximate surface area is 123 Å². The van der Waals surface area contributed by atoms with E-state index in [1.165, 1.54) is 11.1 Å². The lowest BCUT2D eigenvalue weighted by molar-refractivity contribution is -0.115. The molecule has 2 aliphatic carbocycles. The lowest BCUT2D eigenvalue weighted by atomic mass is 9.73. The fourth-order valence-electron chi connectivity index (χ4n) is 4.25. The minimum Gasteiger partial charge on any atom is -0.504 e. The van der Waals surface area contributed by atoms with Gasteiger partial charge in [0.2, 0.25) is 0 Å². The van der Waals surface area contributed by atoms with E-state index in [2.05, 4.69) is 5.32 Å². The van der Waals surface area contributed by atoms with Crippen LogP contribution in [0.2, 0.25) is 0 Å². The number of methoxy groups -OCH3 is 1. The Morgan fingerprint density at radius 1 is 1.43 bits per heavy atom. The van der Waals surface area contributed by atoms with Crippen molar-refractivity contribution in [3.8, 4) is 11.5 Å². The second-order valence-electron chi connectivity index (χ2n) is 6.29. The number of aromatic hydroxyl groups is 1. The number of phenols is 1. The van der Waals surface area contributed by atoms with Crippen molar-refractivity contribution in [2.45, 2.75) is 37.1 Å². The number of hydrogen-bond acceptors (Lipinski definition) is 4. The van der Waals surface area contributed by atoms with Crippen molar-refractivity contribution in [2.75, 3.05) is 13.7 Å². The third-order valence-corrected chi connectivity index (χ3v) is 5.22. The van der Waals surface area contributed by atoms with Crippen LogP contribution in [-0.4, -0.2) is 24.5 Å². The Morgan fingerprint density at radius 2 is 2.29 bits per heavy atom. The highest BCUT2D eigenvalue weighted by Gasteiger charge is 2.48. The summed E-state index contributed by atoms with van der Waals surface area (Å²) in [5.74, 6) is 0.980. The summed E-state index contributed by atoms with van der Waals surface area (Å²) in [4.78, 5) is 11.6. The zero-order chi connectivity index (χ0) is 14.6. The quantitative estimate of drug-likeness (QED) is 0.830. The molecule has 4 nitrogen and oxygen atoms in total. The first-order chi connectivity index (χ1) is 10.1. The van der Waals surface area contributed by atoms with E-state index in [1.807, 2.05) is 12.1 Å². The minimum atomic E-state index is -0.224. The minimum absolute atomic E-state index is 0.177. The van der Waals surface area contributed by atoms with Gasteiger partial charge in [-0.25, -0.2) is 0 Å². The van der Waals surface area contributed by atoms with Gasteiger partial charge in [-0.2, -0.15) is 0 Å². The number of benzene rings is 1. The van der Waals surface area contributed by atoms with E-state index >= 15 is 0 Å². The molecule has 1 aliphatic heterocycles. The fourth-order valence-corrected chi connectivity index (χ4v) is 4.25. The van der Waals surface area contributed by atoms with E-state index < -0.39 is 0 Å². The first kappa shape index (κ1) is 12.9. The van der Waals surface area contributed by atoms with Crippen LogP contribution in [0.15, 0.2) is 18.2 Å². The second kappa shape index (κ2) is 4.34. The predicted octanol–water partition coefficient (Wildman–Crippen LogP) is 2.15. The van der Waals surface area contributed by atoms with Gasteiger partial charge in [0, 0.05) is 23.4 Å². The average Bonchev–Trinajstić information content (AvgIpc) is 2.82. The van der Waals surface area contributed by atoms with Gasteiger partial charge in [-0.05, 0) is 49.1 Å². The highest BCUT2D eigenvalue weighted by atomic mass is 16.5. The molecule has 2 atom stereocenters. The van der Waals surface area contributed by atoms with Gasteiger partial charge in [0.05, 0.1) is 7.11 Å². The number of ether oxygens (including phenoxy) is 1. The van der Waals surface area contributed by atoms with Crippen molar-refractivity contribution in [3.05, 3.63) is 34.9 Å².